The zero-order valence-electron chi connectivity index (χ0n) is 14.7. The number of aryl methyl sites for hydroxylation is 1. The molecule has 0 aliphatic carbocycles. The number of benzene rings is 1. The van der Waals surface area contributed by atoms with E-state index in [0.29, 0.717) is 5.02 Å². The van der Waals surface area contributed by atoms with Crippen molar-refractivity contribution in [1.29, 1.82) is 0 Å². The number of halogens is 1. The van der Waals surface area contributed by atoms with Crippen LogP contribution in [0.1, 0.15) is 48.1 Å². The molecule has 0 aliphatic rings. The first-order valence-corrected chi connectivity index (χ1v) is 8.22. The van der Waals surface area contributed by atoms with Gasteiger partial charge in [0.1, 0.15) is 0 Å². The van der Waals surface area contributed by atoms with E-state index >= 15 is 0 Å². The van der Waals surface area contributed by atoms with Crippen molar-refractivity contribution >= 4 is 23.1 Å². The average Bonchev–Trinajstić information content (AvgIpc) is 2.75. The number of anilines is 1. The highest BCUT2D eigenvalue weighted by Crippen LogP contribution is 2.26. The maximum absolute atomic E-state index is 12.6. The summed E-state index contributed by atoms with van der Waals surface area (Å²) >= 11 is 6.12. The molecule has 0 unspecified atom stereocenters. The molecule has 4 heteroatoms. The fraction of sp³-hybridized carbons (Fsp3) is 0.421. The van der Waals surface area contributed by atoms with Gasteiger partial charge in [0.2, 0.25) is 0 Å². The Bertz CT molecular complexity index is 739. The third-order valence-corrected chi connectivity index (χ3v) is 4.52. The number of Topliss-reactive ketones (excluding diaryl/α,β-unsaturated/α-hetero) is 1. The number of nitrogens with one attached hydrogen (secondary N) is 1. The van der Waals surface area contributed by atoms with Crippen LogP contribution in [0, 0.1) is 20.8 Å². The van der Waals surface area contributed by atoms with Crippen LogP contribution in [0.25, 0.3) is 0 Å². The van der Waals surface area contributed by atoms with E-state index < -0.39 is 0 Å². The van der Waals surface area contributed by atoms with Gasteiger partial charge in [-0.05, 0) is 65.3 Å². The summed E-state index contributed by atoms with van der Waals surface area (Å²) in [6.45, 7) is 12.7. The molecule has 3 nitrogen and oxygen atoms in total. The van der Waals surface area contributed by atoms with E-state index in [2.05, 4.69) is 30.7 Å². The van der Waals surface area contributed by atoms with Crippen molar-refractivity contribution in [2.75, 3.05) is 11.9 Å². The number of hydrogen-bond acceptors (Lipinski definition) is 2. The molecule has 0 saturated carbocycles. The highest BCUT2D eigenvalue weighted by molar-refractivity contribution is 6.31. The lowest BCUT2D eigenvalue weighted by molar-refractivity contribution is 0.101. The van der Waals surface area contributed by atoms with E-state index in [1.54, 1.807) is 0 Å². The third-order valence-electron chi connectivity index (χ3n) is 4.11. The third kappa shape index (κ3) is 3.61. The summed E-state index contributed by atoms with van der Waals surface area (Å²) < 4.78 is 2.21. The summed E-state index contributed by atoms with van der Waals surface area (Å²) in [6.07, 6.45) is 0. The number of ketones is 1. The van der Waals surface area contributed by atoms with Gasteiger partial charge in [0.05, 0.1) is 6.54 Å². The fourth-order valence-electron chi connectivity index (χ4n) is 3.15. The van der Waals surface area contributed by atoms with Gasteiger partial charge < -0.3 is 9.88 Å². The van der Waals surface area contributed by atoms with Crippen LogP contribution in [-0.2, 0) is 5.54 Å². The predicted molar refractivity (Wildman–Crippen MR) is 97.9 cm³/mol. The first-order chi connectivity index (χ1) is 10.6. The van der Waals surface area contributed by atoms with Crippen molar-refractivity contribution in [3.63, 3.8) is 0 Å². The van der Waals surface area contributed by atoms with Gasteiger partial charge in [0.25, 0.3) is 0 Å². The van der Waals surface area contributed by atoms with Crippen LogP contribution in [0.15, 0.2) is 24.3 Å². The molecule has 0 radical (unpaired) electrons. The minimum Gasteiger partial charge on any atom is -0.377 e. The Labute approximate surface area is 143 Å². The average molecular weight is 333 g/mol. The number of carbonyl (C=O) groups is 1. The Kier molecular flexibility index (Phi) is 4.90. The molecule has 1 aromatic heterocycles. The smallest absolute Gasteiger partial charge is 0.183 e. The van der Waals surface area contributed by atoms with Crippen LogP contribution in [0.4, 0.5) is 5.69 Å². The molecular formula is C19H25ClN2O. The van der Waals surface area contributed by atoms with Crippen molar-refractivity contribution in [2.45, 2.75) is 47.1 Å². The van der Waals surface area contributed by atoms with E-state index in [-0.39, 0.29) is 17.9 Å². The van der Waals surface area contributed by atoms with Crippen LogP contribution in [0.3, 0.4) is 0 Å². The maximum atomic E-state index is 12.6. The second-order valence-electron chi connectivity index (χ2n) is 6.98. The molecule has 0 aliphatic heterocycles. The lowest BCUT2D eigenvalue weighted by Gasteiger charge is -2.25. The van der Waals surface area contributed by atoms with E-state index in [0.717, 1.165) is 28.2 Å². The molecule has 124 valence electrons. The topological polar surface area (TPSA) is 34.0 Å². The van der Waals surface area contributed by atoms with Crippen molar-refractivity contribution in [3.05, 3.63) is 51.8 Å². The molecule has 0 spiro atoms. The van der Waals surface area contributed by atoms with E-state index in [1.807, 2.05) is 45.0 Å². The van der Waals surface area contributed by atoms with Crippen LogP contribution in [-0.4, -0.2) is 16.9 Å². The lowest BCUT2D eigenvalue weighted by atomic mass is 10.1. The minimum atomic E-state index is -0.0380. The second kappa shape index (κ2) is 6.40. The Morgan fingerprint density at radius 3 is 2.43 bits per heavy atom. The molecule has 0 saturated heterocycles. The van der Waals surface area contributed by atoms with Crippen molar-refractivity contribution in [3.8, 4) is 0 Å². The van der Waals surface area contributed by atoms with Gasteiger partial charge in [0.15, 0.2) is 5.78 Å². The molecule has 2 rings (SSSR count). The van der Waals surface area contributed by atoms with Gasteiger partial charge in [0, 0.05) is 33.2 Å². The Hall–Kier alpha value is -1.74. The quantitative estimate of drug-likeness (QED) is 0.789. The normalized spacial score (nSPS) is 11.6. The summed E-state index contributed by atoms with van der Waals surface area (Å²) in [5.41, 5.74) is 4.73. The highest BCUT2D eigenvalue weighted by atomic mass is 35.5. The van der Waals surface area contributed by atoms with E-state index in [1.165, 1.54) is 0 Å². The Balaban J connectivity index is 2.21. The molecule has 0 fully saturated rings. The van der Waals surface area contributed by atoms with Crippen molar-refractivity contribution in [1.82, 2.24) is 4.57 Å². The SMILES string of the molecule is Cc1c(Cl)cccc1NCC(=O)c1cc(C)n(C(C)(C)C)c1C. The summed E-state index contributed by atoms with van der Waals surface area (Å²) in [4.78, 5) is 12.6. The van der Waals surface area contributed by atoms with Gasteiger partial charge in [-0.1, -0.05) is 17.7 Å². The lowest BCUT2D eigenvalue weighted by Crippen LogP contribution is -2.24. The van der Waals surface area contributed by atoms with E-state index in [9.17, 15) is 4.79 Å². The molecule has 0 amide bonds. The molecular weight excluding hydrogens is 308 g/mol. The molecule has 1 heterocycles. The summed E-state index contributed by atoms with van der Waals surface area (Å²) in [7, 11) is 0. The molecule has 1 N–H and O–H groups in total. The monoisotopic (exact) mass is 332 g/mol. The summed E-state index contributed by atoms with van der Waals surface area (Å²) in [5.74, 6) is 0.0907. The second-order valence-corrected chi connectivity index (χ2v) is 7.39. The van der Waals surface area contributed by atoms with Crippen LogP contribution < -0.4 is 5.32 Å². The number of nitrogens with zero attached hydrogens (tertiary/aromatic N) is 1. The van der Waals surface area contributed by atoms with Crippen molar-refractivity contribution in [2.24, 2.45) is 0 Å². The molecule has 0 bridgehead atoms. The van der Waals surface area contributed by atoms with Crippen LogP contribution in [0.5, 0.6) is 0 Å². The Morgan fingerprint density at radius 2 is 1.87 bits per heavy atom. The summed E-state index contributed by atoms with van der Waals surface area (Å²) in [6, 6.07) is 7.65. The van der Waals surface area contributed by atoms with Gasteiger partial charge in [-0.15, -0.1) is 0 Å². The fourth-order valence-corrected chi connectivity index (χ4v) is 3.32. The van der Waals surface area contributed by atoms with Gasteiger partial charge in [-0.25, -0.2) is 0 Å². The van der Waals surface area contributed by atoms with Crippen LogP contribution in [0.2, 0.25) is 5.02 Å². The number of aromatic nitrogens is 1. The van der Waals surface area contributed by atoms with Gasteiger partial charge >= 0.3 is 0 Å². The summed E-state index contributed by atoms with van der Waals surface area (Å²) in [5, 5.41) is 3.91. The van der Waals surface area contributed by atoms with Crippen molar-refractivity contribution < 1.29 is 4.79 Å². The maximum Gasteiger partial charge on any atom is 0.183 e. The van der Waals surface area contributed by atoms with Gasteiger partial charge in [-0.2, -0.15) is 0 Å². The number of carbonyl (C=O) groups excluding carboxylic acids is 1. The Morgan fingerprint density at radius 1 is 1.22 bits per heavy atom. The minimum absolute atomic E-state index is 0.0380. The van der Waals surface area contributed by atoms with Crippen LogP contribution >= 0.6 is 11.6 Å². The highest BCUT2D eigenvalue weighted by Gasteiger charge is 2.22. The number of hydrogen-bond donors (Lipinski definition) is 1. The van der Waals surface area contributed by atoms with E-state index in [4.69, 9.17) is 11.6 Å². The number of rotatable bonds is 4. The first kappa shape index (κ1) is 17.6. The molecule has 0 atom stereocenters. The molecule has 23 heavy (non-hydrogen) atoms. The molecule has 2 aromatic rings. The first-order valence-electron chi connectivity index (χ1n) is 7.84. The largest absolute Gasteiger partial charge is 0.377 e. The molecule has 1 aromatic carbocycles. The zero-order chi connectivity index (χ0) is 17.4. The van der Waals surface area contributed by atoms with Gasteiger partial charge in [-0.3, -0.25) is 4.79 Å². The zero-order valence-corrected chi connectivity index (χ0v) is 15.5. The standard InChI is InChI=1S/C19H25ClN2O/c1-12-10-15(14(3)22(12)19(4,5)6)18(23)11-21-17-9-7-8-16(20)13(17)2/h7-10,21H,11H2,1-6H3. The predicted octanol–water partition coefficient (Wildman–Crippen LogP) is 5.12.